The zero-order valence-electron chi connectivity index (χ0n) is 18.8. The van der Waals surface area contributed by atoms with E-state index in [0.717, 1.165) is 6.42 Å². The number of rotatable bonds is 8. The van der Waals surface area contributed by atoms with Crippen LogP contribution in [-0.2, 0) is 19.9 Å². The quantitative estimate of drug-likeness (QED) is 0.544. The van der Waals surface area contributed by atoms with Crippen molar-refractivity contribution in [1.82, 2.24) is 9.21 Å². The zero-order valence-corrected chi connectivity index (χ0v) is 20.5. The minimum Gasteiger partial charge on any atom is -0.493 e. The first-order valence-corrected chi connectivity index (χ1v) is 14.2. The van der Waals surface area contributed by atoms with Gasteiger partial charge in [0.2, 0.25) is 10.0 Å². The first kappa shape index (κ1) is 24.8. The van der Waals surface area contributed by atoms with Gasteiger partial charge in [-0.25, -0.2) is 16.8 Å². The lowest BCUT2D eigenvalue weighted by molar-refractivity contribution is 0.0697. The Morgan fingerprint density at radius 2 is 1.84 bits per heavy atom. The van der Waals surface area contributed by atoms with Crippen LogP contribution in [0.3, 0.4) is 0 Å². The number of benzene rings is 1. The molecule has 1 aromatic rings. The van der Waals surface area contributed by atoms with Gasteiger partial charge in [0.25, 0.3) is 5.91 Å². The Bertz CT molecular complexity index is 1030. The highest BCUT2D eigenvalue weighted by Gasteiger charge is 2.41. The predicted octanol–water partition coefficient (Wildman–Crippen LogP) is 1.39. The van der Waals surface area contributed by atoms with Gasteiger partial charge in [-0.3, -0.25) is 4.79 Å². The molecule has 3 rings (SSSR count). The number of piperazine rings is 1. The molecule has 1 aromatic carbocycles. The van der Waals surface area contributed by atoms with Crippen LogP contribution in [-0.4, -0.2) is 88.6 Å². The summed E-state index contributed by atoms with van der Waals surface area (Å²) >= 11 is 0. The topological polar surface area (TPSA) is 110 Å². The Hall–Kier alpha value is -1.85. The van der Waals surface area contributed by atoms with Crippen LogP contribution in [0.4, 0.5) is 0 Å². The SMILES string of the molecule is COc1cc(C(=O)N2CCN(S(=O)(=O)C3CCS(=O)(=O)C3)CC2)ccc1OCCC(C)C. The molecular weight excluding hydrogens is 456 g/mol. The van der Waals surface area contributed by atoms with E-state index in [4.69, 9.17) is 9.47 Å². The first-order valence-electron chi connectivity index (χ1n) is 10.8. The van der Waals surface area contributed by atoms with Gasteiger partial charge >= 0.3 is 0 Å². The summed E-state index contributed by atoms with van der Waals surface area (Å²) in [6, 6.07) is 5.04. The molecule has 2 fully saturated rings. The number of ether oxygens (including phenoxy) is 2. The van der Waals surface area contributed by atoms with E-state index in [1.54, 1.807) is 23.1 Å². The van der Waals surface area contributed by atoms with Crippen molar-refractivity contribution in [2.45, 2.75) is 31.9 Å². The van der Waals surface area contributed by atoms with E-state index in [1.165, 1.54) is 11.4 Å². The van der Waals surface area contributed by atoms with Gasteiger partial charge in [0.15, 0.2) is 21.3 Å². The number of nitrogens with zero attached hydrogens (tertiary/aromatic N) is 2. The Kier molecular flexibility index (Phi) is 7.72. The lowest BCUT2D eigenvalue weighted by atomic mass is 10.1. The van der Waals surface area contributed by atoms with Gasteiger partial charge in [-0.15, -0.1) is 0 Å². The summed E-state index contributed by atoms with van der Waals surface area (Å²) in [5.41, 5.74) is 0.441. The number of amides is 1. The third kappa shape index (κ3) is 5.74. The van der Waals surface area contributed by atoms with E-state index in [1.807, 2.05) is 0 Å². The number of methoxy groups -OCH3 is 1. The lowest BCUT2D eigenvalue weighted by Crippen LogP contribution is -2.52. The Morgan fingerprint density at radius 3 is 2.41 bits per heavy atom. The summed E-state index contributed by atoms with van der Waals surface area (Å²) in [6.07, 6.45) is 1.04. The molecule has 1 unspecified atom stereocenters. The minimum absolute atomic E-state index is 0.0889. The molecule has 0 saturated carbocycles. The average Bonchev–Trinajstić information content (AvgIpc) is 3.13. The van der Waals surface area contributed by atoms with Crippen molar-refractivity contribution in [2.24, 2.45) is 5.92 Å². The number of carbonyl (C=O) groups is 1. The number of sulfone groups is 1. The summed E-state index contributed by atoms with van der Waals surface area (Å²) in [5, 5.41) is -0.887. The van der Waals surface area contributed by atoms with Crippen molar-refractivity contribution in [1.29, 1.82) is 0 Å². The molecule has 2 saturated heterocycles. The van der Waals surface area contributed by atoms with Crippen molar-refractivity contribution < 1.29 is 31.1 Å². The normalized spacial score (nSPS) is 21.6. The van der Waals surface area contributed by atoms with Crippen LogP contribution < -0.4 is 9.47 Å². The summed E-state index contributed by atoms with van der Waals surface area (Å²) in [7, 11) is -5.47. The Labute approximate surface area is 190 Å². The average molecular weight is 489 g/mol. The molecule has 0 aromatic heterocycles. The summed E-state index contributed by atoms with van der Waals surface area (Å²) in [6.45, 7) is 5.57. The molecule has 32 heavy (non-hydrogen) atoms. The van der Waals surface area contributed by atoms with E-state index < -0.39 is 25.1 Å². The Balaban J connectivity index is 1.61. The molecule has 0 aliphatic carbocycles. The number of sulfonamides is 1. The molecule has 0 bridgehead atoms. The van der Waals surface area contributed by atoms with E-state index in [2.05, 4.69) is 13.8 Å². The van der Waals surface area contributed by atoms with Gasteiger partial charge < -0.3 is 14.4 Å². The fourth-order valence-electron chi connectivity index (χ4n) is 3.86. The molecule has 9 nitrogen and oxygen atoms in total. The van der Waals surface area contributed by atoms with Gasteiger partial charge in [-0.2, -0.15) is 4.31 Å². The molecule has 1 amide bonds. The molecule has 2 aliphatic rings. The van der Waals surface area contributed by atoms with Crippen LogP contribution in [0.5, 0.6) is 11.5 Å². The number of hydrogen-bond acceptors (Lipinski definition) is 7. The highest BCUT2D eigenvalue weighted by molar-refractivity contribution is 7.95. The van der Waals surface area contributed by atoms with E-state index in [9.17, 15) is 21.6 Å². The maximum absolute atomic E-state index is 13.0. The minimum atomic E-state index is -3.70. The molecule has 0 spiro atoms. The van der Waals surface area contributed by atoms with Crippen LogP contribution in [0.15, 0.2) is 18.2 Å². The highest BCUT2D eigenvalue weighted by atomic mass is 32.2. The monoisotopic (exact) mass is 488 g/mol. The van der Waals surface area contributed by atoms with Gasteiger partial charge in [-0.05, 0) is 37.0 Å². The van der Waals surface area contributed by atoms with Crippen LogP contribution in [0, 0.1) is 5.92 Å². The van der Waals surface area contributed by atoms with E-state index >= 15 is 0 Å². The Morgan fingerprint density at radius 1 is 1.16 bits per heavy atom. The number of carbonyl (C=O) groups excluding carboxylic acids is 1. The third-order valence-electron chi connectivity index (χ3n) is 5.86. The van der Waals surface area contributed by atoms with E-state index in [0.29, 0.717) is 29.6 Å². The standard InChI is InChI=1S/C21H32N2O7S2/c1-16(2)6-12-30-19-5-4-17(14-20(19)29-3)21(24)22-8-10-23(11-9-22)32(27,28)18-7-13-31(25,26)15-18/h4-5,14,16,18H,6-13,15H2,1-3H3. The fraction of sp³-hybridized carbons (Fsp3) is 0.667. The summed E-state index contributed by atoms with van der Waals surface area (Å²) in [5.74, 6) is 0.948. The second-order valence-electron chi connectivity index (χ2n) is 8.66. The van der Waals surface area contributed by atoms with Crippen molar-refractivity contribution in [3.63, 3.8) is 0 Å². The van der Waals surface area contributed by atoms with Gasteiger partial charge in [-0.1, -0.05) is 13.8 Å². The second kappa shape index (κ2) is 9.96. The van der Waals surface area contributed by atoms with Crippen LogP contribution in [0.2, 0.25) is 0 Å². The van der Waals surface area contributed by atoms with Crippen LogP contribution >= 0.6 is 0 Å². The van der Waals surface area contributed by atoms with Crippen molar-refractivity contribution >= 4 is 25.8 Å². The predicted molar refractivity (Wildman–Crippen MR) is 121 cm³/mol. The maximum atomic E-state index is 13.0. The van der Waals surface area contributed by atoms with Crippen LogP contribution in [0.1, 0.15) is 37.0 Å². The summed E-state index contributed by atoms with van der Waals surface area (Å²) < 4.78 is 61.4. The van der Waals surface area contributed by atoms with Crippen molar-refractivity contribution in [3.05, 3.63) is 23.8 Å². The van der Waals surface area contributed by atoms with Crippen molar-refractivity contribution in [2.75, 3.05) is 51.4 Å². The fourth-order valence-corrected chi connectivity index (χ4v) is 8.37. The third-order valence-corrected chi connectivity index (χ3v) is 10.2. The second-order valence-corrected chi connectivity index (χ2v) is 13.1. The molecular formula is C21H32N2O7S2. The van der Waals surface area contributed by atoms with Gasteiger partial charge in [0, 0.05) is 31.7 Å². The van der Waals surface area contributed by atoms with Gasteiger partial charge in [0.1, 0.15) is 0 Å². The van der Waals surface area contributed by atoms with Crippen molar-refractivity contribution in [3.8, 4) is 11.5 Å². The smallest absolute Gasteiger partial charge is 0.254 e. The van der Waals surface area contributed by atoms with E-state index in [-0.39, 0.29) is 50.0 Å². The highest BCUT2D eigenvalue weighted by Crippen LogP contribution is 2.29. The largest absolute Gasteiger partial charge is 0.493 e. The summed E-state index contributed by atoms with van der Waals surface area (Å²) in [4.78, 5) is 14.6. The molecule has 0 radical (unpaired) electrons. The number of hydrogen-bond donors (Lipinski definition) is 0. The molecule has 2 heterocycles. The first-order chi connectivity index (χ1) is 15.0. The maximum Gasteiger partial charge on any atom is 0.254 e. The zero-order chi connectivity index (χ0) is 23.5. The van der Waals surface area contributed by atoms with Crippen LogP contribution in [0.25, 0.3) is 0 Å². The molecule has 2 aliphatic heterocycles. The molecule has 1 atom stereocenters. The lowest BCUT2D eigenvalue weighted by Gasteiger charge is -2.35. The molecule has 11 heteroatoms. The van der Waals surface area contributed by atoms with Gasteiger partial charge in [0.05, 0.1) is 30.5 Å². The molecule has 0 N–H and O–H groups in total. The molecule has 180 valence electrons.